The first-order valence-corrected chi connectivity index (χ1v) is 11.3. The Morgan fingerprint density at radius 3 is 2.03 bits per heavy atom. The molecule has 4 heteroatoms. The van der Waals surface area contributed by atoms with E-state index in [-0.39, 0.29) is 12.5 Å². The van der Waals surface area contributed by atoms with Gasteiger partial charge in [-0.25, -0.2) is 0 Å². The number of anilines is 1. The molecule has 0 aliphatic rings. The van der Waals surface area contributed by atoms with Crippen molar-refractivity contribution in [2.45, 2.75) is 46.1 Å². The zero-order chi connectivity index (χ0) is 23.1. The number of hydrogen-bond donors (Lipinski definition) is 2. The maximum Gasteiger partial charge on any atom is 0.238 e. The number of rotatable bonds is 9. The number of methoxy groups -OCH3 is 1. The largest absolute Gasteiger partial charge is 0.496 e. The molecule has 3 aromatic carbocycles. The molecule has 4 nitrogen and oxygen atoms in total. The van der Waals surface area contributed by atoms with Crippen molar-refractivity contribution in [1.82, 2.24) is 5.32 Å². The summed E-state index contributed by atoms with van der Waals surface area (Å²) in [6.07, 6.45) is 0. The van der Waals surface area contributed by atoms with Crippen LogP contribution >= 0.6 is 0 Å². The van der Waals surface area contributed by atoms with Crippen molar-refractivity contribution >= 4 is 11.6 Å². The summed E-state index contributed by atoms with van der Waals surface area (Å²) in [6.45, 7) is 9.45. The summed E-state index contributed by atoms with van der Waals surface area (Å²) in [5.74, 6) is 1.48. The highest BCUT2D eigenvalue weighted by atomic mass is 16.5. The fraction of sp³-hybridized carbons (Fsp3) is 0.321. The molecule has 0 aliphatic carbocycles. The smallest absolute Gasteiger partial charge is 0.238 e. The highest BCUT2D eigenvalue weighted by Crippen LogP contribution is 2.33. The Labute approximate surface area is 192 Å². The molecular weight excluding hydrogens is 396 g/mol. The molecule has 0 heterocycles. The molecule has 0 spiro atoms. The average molecular weight is 431 g/mol. The molecule has 0 radical (unpaired) electrons. The number of amides is 1. The van der Waals surface area contributed by atoms with Crippen LogP contribution in [0.25, 0.3) is 11.1 Å². The van der Waals surface area contributed by atoms with Gasteiger partial charge in [0.15, 0.2) is 0 Å². The predicted molar refractivity (Wildman–Crippen MR) is 133 cm³/mol. The number of hydrogen-bond acceptors (Lipinski definition) is 3. The van der Waals surface area contributed by atoms with Crippen LogP contribution in [0.4, 0.5) is 5.69 Å². The Morgan fingerprint density at radius 2 is 1.41 bits per heavy atom. The van der Waals surface area contributed by atoms with Crippen LogP contribution < -0.4 is 15.4 Å². The van der Waals surface area contributed by atoms with Crippen LogP contribution in [-0.2, 0) is 11.3 Å². The number of nitrogens with one attached hydrogen (secondary N) is 2. The Bertz CT molecular complexity index is 1030. The standard InChI is InChI=1S/C28H34N2O2/c1-19(2)22-14-10-15-23(20(3)4)28(22)30-27(31)18-29-17-21-11-6-7-12-24(21)25-13-8-9-16-26(25)32-5/h6-16,19-20,29H,17-18H2,1-5H3,(H,30,31). The van der Waals surface area contributed by atoms with Crippen LogP contribution in [0.3, 0.4) is 0 Å². The zero-order valence-electron chi connectivity index (χ0n) is 19.7. The van der Waals surface area contributed by atoms with Crippen molar-refractivity contribution in [2.75, 3.05) is 19.0 Å². The van der Waals surface area contributed by atoms with E-state index in [9.17, 15) is 4.79 Å². The molecule has 0 fully saturated rings. The van der Waals surface area contributed by atoms with E-state index in [0.29, 0.717) is 18.4 Å². The van der Waals surface area contributed by atoms with Gasteiger partial charge in [-0.15, -0.1) is 0 Å². The van der Waals surface area contributed by atoms with Gasteiger partial charge in [0.25, 0.3) is 0 Å². The van der Waals surface area contributed by atoms with Crippen LogP contribution in [-0.4, -0.2) is 19.6 Å². The summed E-state index contributed by atoms with van der Waals surface area (Å²) in [5, 5.41) is 6.49. The summed E-state index contributed by atoms with van der Waals surface area (Å²) in [4.78, 5) is 12.8. The quantitative estimate of drug-likeness (QED) is 0.417. The first kappa shape index (κ1) is 23.6. The summed E-state index contributed by atoms with van der Waals surface area (Å²) in [5.41, 5.74) is 6.57. The van der Waals surface area contributed by atoms with Crippen LogP contribution in [0.15, 0.2) is 66.7 Å². The number of benzene rings is 3. The lowest BCUT2D eigenvalue weighted by molar-refractivity contribution is -0.115. The maximum absolute atomic E-state index is 12.8. The van der Waals surface area contributed by atoms with Crippen molar-refractivity contribution in [3.05, 3.63) is 83.4 Å². The van der Waals surface area contributed by atoms with Crippen molar-refractivity contribution in [3.63, 3.8) is 0 Å². The minimum Gasteiger partial charge on any atom is -0.496 e. The van der Waals surface area contributed by atoms with Crippen molar-refractivity contribution < 1.29 is 9.53 Å². The fourth-order valence-corrected chi connectivity index (χ4v) is 3.99. The van der Waals surface area contributed by atoms with Gasteiger partial charge in [-0.1, -0.05) is 88.4 Å². The molecule has 0 saturated carbocycles. The lowest BCUT2D eigenvalue weighted by atomic mass is 9.92. The van der Waals surface area contributed by atoms with E-state index in [1.54, 1.807) is 7.11 Å². The third-order valence-corrected chi connectivity index (χ3v) is 5.65. The van der Waals surface area contributed by atoms with Crippen molar-refractivity contribution in [1.29, 1.82) is 0 Å². The summed E-state index contributed by atoms with van der Waals surface area (Å²) in [6, 6.07) is 22.5. The molecule has 3 aromatic rings. The summed E-state index contributed by atoms with van der Waals surface area (Å²) in [7, 11) is 1.68. The highest BCUT2D eigenvalue weighted by Gasteiger charge is 2.16. The van der Waals surface area contributed by atoms with E-state index in [0.717, 1.165) is 28.1 Å². The minimum atomic E-state index is -0.0326. The average Bonchev–Trinajstić information content (AvgIpc) is 2.79. The van der Waals surface area contributed by atoms with Gasteiger partial charge in [0, 0.05) is 17.8 Å². The fourth-order valence-electron chi connectivity index (χ4n) is 3.99. The number of carbonyl (C=O) groups is 1. The highest BCUT2D eigenvalue weighted by molar-refractivity contribution is 5.94. The monoisotopic (exact) mass is 430 g/mol. The topological polar surface area (TPSA) is 50.4 Å². The molecular formula is C28H34N2O2. The van der Waals surface area contributed by atoms with E-state index < -0.39 is 0 Å². The SMILES string of the molecule is COc1ccccc1-c1ccccc1CNCC(=O)Nc1c(C(C)C)cccc1C(C)C. The second kappa shape index (κ2) is 11.0. The molecule has 2 N–H and O–H groups in total. The minimum absolute atomic E-state index is 0.0326. The first-order chi connectivity index (χ1) is 15.4. The Balaban J connectivity index is 1.71. The van der Waals surface area contributed by atoms with Crippen LogP contribution in [0.5, 0.6) is 5.75 Å². The van der Waals surface area contributed by atoms with Gasteiger partial charge < -0.3 is 15.4 Å². The van der Waals surface area contributed by atoms with Crippen LogP contribution in [0.2, 0.25) is 0 Å². The molecule has 0 atom stereocenters. The van der Waals surface area contributed by atoms with E-state index >= 15 is 0 Å². The second-order valence-corrected chi connectivity index (χ2v) is 8.63. The third kappa shape index (κ3) is 5.57. The molecule has 0 aromatic heterocycles. The molecule has 32 heavy (non-hydrogen) atoms. The van der Waals surface area contributed by atoms with Crippen LogP contribution in [0, 0.1) is 0 Å². The number of para-hydroxylation sites is 2. The van der Waals surface area contributed by atoms with Gasteiger partial charge in [0.2, 0.25) is 5.91 Å². The summed E-state index contributed by atoms with van der Waals surface area (Å²) < 4.78 is 5.54. The Kier molecular flexibility index (Phi) is 8.07. The van der Waals surface area contributed by atoms with E-state index in [1.807, 2.05) is 30.3 Å². The number of carbonyl (C=O) groups excluding carboxylic acids is 1. The Hall–Kier alpha value is -3.11. The van der Waals surface area contributed by atoms with Gasteiger partial charge in [-0.3, -0.25) is 4.79 Å². The second-order valence-electron chi connectivity index (χ2n) is 8.63. The molecule has 1 amide bonds. The lowest BCUT2D eigenvalue weighted by Gasteiger charge is -2.20. The van der Waals surface area contributed by atoms with Gasteiger partial charge in [-0.05, 0) is 40.2 Å². The third-order valence-electron chi connectivity index (χ3n) is 5.65. The molecule has 3 rings (SSSR count). The van der Waals surface area contributed by atoms with Gasteiger partial charge in [0.1, 0.15) is 5.75 Å². The van der Waals surface area contributed by atoms with Gasteiger partial charge in [-0.2, -0.15) is 0 Å². The van der Waals surface area contributed by atoms with E-state index in [4.69, 9.17) is 4.74 Å². The molecule has 0 saturated heterocycles. The van der Waals surface area contributed by atoms with Crippen molar-refractivity contribution in [3.8, 4) is 16.9 Å². The predicted octanol–water partition coefficient (Wildman–Crippen LogP) is 6.34. The molecule has 168 valence electrons. The molecule has 0 bridgehead atoms. The Morgan fingerprint density at radius 1 is 0.812 bits per heavy atom. The number of ether oxygens (including phenoxy) is 1. The first-order valence-electron chi connectivity index (χ1n) is 11.3. The van der Waals surface area contributed by atoms with Gasteiger partial charge in [0.05, 0.1) is 13.7 Å². The summed E-state index contributed by atoms with van der Waals surface area (Å²) >= 11 is 0. The molecule has 0 aliphatic heterocycles. The van der Waals surface area contributed by atoms with Gasteiger partial charge >= 0.3 is 0 Å². The lowest BCUT2D eigenvalue weighted by Crippen LogP contribution is -2.28. The zero-order valence-corrected chi connectivity index (χ0v) is 19.7. The van der Waals surface area contributed by atoms with E-state index in [2.05, 4.69) is 74.7 Å². The van der Waals surface area contributed by atoms with Crippen LogP contribution in [0.1, 0.15) is 56.2 Å². The normalized spacial score (nSPS) is 11.1. The maximum atomic E-state index is 12.8. The van der Waals surface area contributed by atoms with E-state index in [1.165, 1.54) is 11.1 Å². The van der Waals surface area contributed by atoms with Crippen molar-refractivity contribution in [2.24, 2.45) is 0 Å². The molecule has 0 unspecified atom stereocenters.